The van der Waals surface area contributed by atoms with Crippen LogP contribution in [0.25, 0.3) is 0 Å². The molecule has 0 unspecified atom stereocenters. The molecule has 0 atom stereocenters. The molecule has 0 aliphatic carbocycles. The molecule has 0 saturated carbocycles. The maximum absolute atomic E-state index is 5.47. The number of ether oxygens (including phenoxy) is 12. The van der Waals surface area contributed by atoms with Crippen molar-refractivity contribution in [3.8, 4) is 0 Å². The van der Waals surface area contributed by atoms with Gasteiger partial charge in [-0.05, 0) is 7.05 Å². The predicted molar refractivity (Wildman–Crippen MR) is 154 cm³/mol. The number of likely N-dealkylation sites (N-methyl/N-ethyl adjacent to an activating group) is 1. The van der Waals surface area contributed by atoms with E-state index in [2.05, 4.69) is 11.9 Å². The first-order chi connectivity index (χ1) is 20.4. The summed E-state index contributed by atoms with van der Waals surface area (Å²) in [5.74, 6) is 0. The molecule has 0 amide bonds. The molecule has 41 heavy (non-hydrogen) atoms. The van der Waals surface area contributed by atoms with Crippen LogP contribution >= 0.6 is 0 Å². The van der Waals surface area contributed by atoms with Gasteiger partial charge in [0.25, 0.3) is 0 Å². The van der Waals surface area contributed by atoms with Crippen molar-refractivity contribution >= 4 is 0 Å². The topological polar surface area (TPSA) is 123 Å². The maximum atomic E-state index is 5.47. The number of nitrogens with one attached hydrogen (secondary N) is 1. The van der Waals surface area contributed by atoms with E-state index in [1.165, 1.54) is 0 Å². The van der Waals surface area contributed by atoms with Crippen LogP contribution in [0.15, 0.2) is 12.7 Å². The van der Waals surface area contributed by atoms with Gasteiger partial charge < -0.3 is 62.2 Å². The highest BCUT2D eigenvalue weighted by molar-refractivity contribution is 4.63. The minimum Gasteiger partial charge on any atom is -0.378 e. The van der Waals surface area contributed by atoms with Gasteiger partial charge in [0.15, 0.2) is 0 Å². The Hall–Kier alpha value is -0.780. The van der Waals surface area contributed by atoms with Crippen LogP contribution in [-0.2, 0) is 56.8 Å². The second-order valence-electron chi connectivity index (χ2n) is 8.20. The summed E-state index contributed by atoms with van der Waals surface area (Å²) in [6.45, 7) is 17.4. The molecule has 0 saturated heterocycles. The third-order valence-electron chi connectivity index (χ3n) is 4.82. The Morgan fingerprint density at radius 1 is 0.341 bits per heavy atom. The molecule has 1 N–H and O–H groups in total. The van der Waals surface area contributed by atoms with E-state index in [0.29, 0.717) is 159 Å². The van der Waals surface area contributed by atoms with E-state index in [1.54, 1.807) is 6.08 Å². The highest BCUT2D eigenvalue weighted by atomic mass is 16.6. The molecule has 0 aliphatic rings. The molecular weight excluding hydrogens is 542 g/mol. The second-order valence-corrected chi connectivity index (χ2v) is 8.20. The van der Waals surface area contributed by atoms with Crippen LogP contribution in [0.1, 0.15) is 0 Å². The van der Waals surface area contributed by atoms with Crippen LogP contribution in [0.3, 0.4) is 0 Å². The molecule has 0 aromatic carbocycles. The monoisotopic (exact) mass is 599 g/mol. The van der Waals surface area contributed by atoms with Gasteiger partial charge in [-0.1, -0.05) is 6.08 Å². The van der Waals surface area contributed by atoms with Crippen LogP contribution in [0.4, 0.5) is 0 Å². The second kappa shape index (κ2) is 39.2. The molecule has 246 valence electrons. The van der Waals surface area contributed by atoms with Crippen molar-refractivity contribution in [2.75, 3.05) is 172 Å². The predicted octanol–water partition coefficient (Wildman–Crippen LogP) is 0.591. The summed E-state index contributed by atoms with van der Waals surface area (Å²) >= 11 is 0. The van der Waals surface area contributed by atoms with Gasteiger partial charge in [0, 0.05) is 6.54 Å². The van der Waals surface area contributed by atoms with E-state index in [0.717, 1.165) is 6.54 Å². The van der Waals surface area contributed by atoms with Gasteiger partial charge in [-0.3, -0.25) is 0 Å². The van der Waals surface area contributed by atoms with Gasteiger partial charge in [0.05, 0.1) is 159 Å². The first kappa shape index (κ1) is 40.2. The normalized spacial score (nSPS) is 11.4. The third kappa shape index (κ3) is 39.2. The van der Waals surface area contributed by atoms with E-state index >= 15 is 0 Å². The molecule has 0 rings (SSSR count). The zero-order valence-corrected chi connectivity index (χ0v) is 25.4. The first-order valence-electron chi connectivity index (χ1n) is 14.6. The number of rotatable bonds is 38. The SMILES string of the molecule is C=CCOCCOCCOCCOCCOCCOCCOCCOCCOCCOCCOCCOCCNC. The lowest BCUT2D eigenvalue weighted by molar-refractivity contribution is -0.0281. The van der Waals surface area contributed by atoms with Gasteiger partial charge in [0.2, 0.25) is 0 Å². The average molecular weight is 600 g/mol. The van der Waals surface area contributed by atoms with Crippen molar-refractivity contribution in [1.29, 1.82) is 0 Å². The van der Waals surface area contributed by atoms with Gasteiger partial charge in [-0.15, -0.1) is 6.58 Å². The molecule has 0 spiro atoms. The molecule has 0 fully saturated rings. The van der Waals surface area contributed by atoms with Crippen LogP contribution < -0.4 is 5.32 Å². The Labute approximate surface area is 247 Å². The first-order valence-corrected chi connectivity index (χ1v) is 14.6. The minimum absolute atomic E-state index is 0.515. The summed E-state index contributed by atoms with van der Waals surface area (Å²) < 4.78 is 65.0. The minimum atomic E-state index is 0.515. The molecule has 0 aromatic rings. The van der Waals surface area contributed by atoms with Gasteiger partial charge in [0.1, 0.15) is 0 Å². The molecule has 0 radical (unpaired) electrons. The van der Waals surface area contributed by atoms with Crippen molar-refractivity contribution in [3.05, 3.63) is 12.7 Å². The van der Waals surface area contributed by atoms with E-state index in [9.17, 15) is 0 Å². The lowest BCUT2D eigenvalue weighted by Crippen LogP contribution is -2.17. The quantitative estimate of drug-likeness (QED) is 0.0788. The molecular formula is C28H57NO12. The van der Waals surface area contributed by atoms with Crippen LogP contribution in [0.2, 0.25) is 0 Å². The van der Waals surface area contributed by atoms with E-state index < -0.39 is 0 Å². The molecule has 0 aliphatic heterocycles. The smallest absolute Gasteiger partial charge is 0.0704 e. The Morgan fingerprint density at radius 2 is 0.537 bits per heavy atom. The fraction of sp³-hybridized carbons (Fsp3) is 0.929. The van der Waals surface area contributed by atoms with E-state index in [1.807, 2.05) is 7.05 Å². The lowest BCUT2D eigenvalue weighted by atomic mass is 10.6. The van der Waals surface area contributed by atoms with Crippen molar-refractivity contribution in [3.63, 3.8) is 0 Å². The van der Waals surface area contributed by atoms with E-state index in [4.69, 9.17) is 56.8 Å². The van der Waals surface area contributed by atoms with Crippen molar-refractivity contribution in [2.45, 2.75) is 0 Å². The largest absolute Gasteiger partial charge is 0.378 e. The maximum Gasteiger partial charge on any atom is 0.0704 e. The summed E-state index contributed by atoms with van der Waals surface area (Å²) in [4.78, 5) is 0. The Balaban J connectivity index is 3.02. The zero-order valence-electron chi connectivity index (χ0n) is 25.4. The highest BCUT2D eigenvalue weighted by Gasteiger charge is 1.96. The summed E-state index contributed by atoms with van der Waals surface area (Å²) in [6, 6.07) is 0. The van der Waals surface area contributed by atoms with Crippen LogP contribution in [0, 0.1) is 0 Å². The Morgan fingerprint density at radius 3 is 0.732 bits per heavy atom. The number of hydrogen-bond acceptors (Lipinski definition) is 13. The molecule has 13 nitrogen and oxygen atoms in total. The summed E-state index contributed by atoms with van der Waals surface area (Å²) in [6.07, 6.45) is 1.71. The van der Waals surface area contributed by atoms with Gasteiger partial charge in [-0.25, -0.2) is 0 Å². The number of hydrogen-bond donors (Lipinski definition) is 1. The summed E-state index contributed by atoms with van der Waals surface area (Å²) in [5, 5.41) is 3.02. The van der Waals surface area contributed by atoms with Gasteiger partial charge in [-0.2, -0.15) is 0 Å². The van der Waals surface area contributed by atoms with Crippen molar-refractivity contribution in [1.82, 2.24) is 5.32 Å². The summed E-state index contributed by atoms with van der Waals surface area (Å²) in [7, 11) is 1.90. The van der Waals surface area contributed by atoms with Crippen molar-refractivity contribution < 1.29 is 56.8 Å². The van der Waals surface area contributed by atoms with Crippen LogP contribution in [0.5, 0.6) is 0 Å². The lowest BCUT2D eigenvalue weighted by Gasteiger charge is -2.09. The zero-order chi connectivity index (χ0) is 29.6. The van der Waals surface area contributed by atoms with Crippen LogP contribution in [-0.4, -0.2) is 172 Å². The standard InChI is InChI=1S/C28H57NO12/c1-3-5-30-7-9-32-11-13-34-15-17-36-19-21-38-23-25-40-27-28-41-26-24-39-22-20-37-18-16-35-14-12-33-10-8-31-6-4-29-2/h3,29H,1,4-28H2,2H3. The third-order valence-corrected chi connectivity index (χ3v) is 4.82. The summed E-state index contributed by atoms with van der Waals surface area (Å²) in [5.41, 5.74) is 0. The average Bonchev–Trinajstić information content (AvgIpc) is 2.98. The fourth-order valence-electron chi connectivity index (χ4n) is 2.76. The Bertz CT molecular complexity index is 479. The molecule has 0 heterocycles. The molecule has 0 aromatic heterocycles. The van der Waals surface area contributed by atoms with Gasteiger partial charge >= 0.3 is 0 Å². The fourth-order valence-corrected chi connectivity index (χ4v) is 2.76. The molecule has 0 bridgehead atoms. The Kier molecular flexibility index (Phi) is 38.5. The van der Waals surface area contributed by atoms with Crippen molar-refractivity contribution in [2.24, 2.45) is 0 Å². The van der Waals surface area contributed by atoms with E-state index in [-0.39, 0.29) is 0 Å². The molecule has 13 heteroatoms. The highest BCUT2D eigenvalue weighted by Crippen LogP contribution is 1.87.